The van der Waals surface area contributed by atoms with Gasteiger partial charge in [0.15, 0.2) is 11.2 Å². The molecule has 0 amide bonds. The second-order valence-electron chi connectivity index (χ2n) is 8.06. The molecule has 0 fully saturated rings. The van der Waals surface area contributed by atoms with Crippen molar-refractivity contribution in [2.75, 3.05) is 19.0 Å². The Morgan fingerprint density at radius 2 is 1.76 bits per heavy atom. The third-order valence-corrected chi connectivity index (χ3v) is 5.52. The van der Waals surface area contributed by atoms with Gasteiger partial charge in [-0.2, -0.15) is 4.98 Å². The monoisotopic (exact) mass is 465 g/mol. The molecule has 4 rings (SSSR count). The zero-order valence-electron chi connectivity index (χ0n) is 19.5. The summed E-state index contributed by atoms with van der Waals surface area (Å²) in [6.45, 7) is 1.98. The number of fused-ring (bicyclic) bond motifs is 1. The van der Waals surface area contributed by atoms with Crippen molar-refractivity contribution in [3.05, 3.63) is 74.9 Å². The van der Waals surface area contributed by atoms with Crippen LogP contribution in [-0.2, 0) is 20.6 Å². The molecule has 2 aromatic heterocycles. The third kappa shape index (κ3) is 4.53. The minimum atomic E-state index is -0.959. The highest BCUT2D eigenvalue weighted by Crippen LogP contribution is 2.22. The molecule has 0 aliphatic heterocycles. The van der Waals surface area contributed by atoms with Crippen LogP contribution in [0.15, 0.2) is 58.1 Å². The van der Waals surface area contributed by atoms with Crippen LogP contribution in [0.3, 0.4) is 0 Å². The third-order valence-electron chi connectivity index (χ3n) is 5.52. The summed E-state index contributed by atoms with van der Waals surface area (Å²) >= 11 is 0. The van der Waals surface area contributed by atoms with E-state index in [1.807, 2.05) is 31.2 Å². The zero-order chi connectivity index (χ0) is 24.4. The number of rotatable bonds is 8. The van der Waals surface area contributed by atoms with Gasteiger partial charge in [0.05, 0.1) is 13.7 Å². The van der Waals surface area contributed by atoms with Crippen molar-refractivity contribution < 1.29 is 14.6 Å². The predicted octanol–water partition coefficient (Wildman–Crippen LogP) is 1.93. The SMILES string of the molecule is COc1ccc(OC[C@H](O)Cn2c(Nc3cccc(C)c3)nc3c2c(=O)n(C)c(=O)n3C)cc1. The van der Waals surface area contributed by atoms with Gasteiger partial charge in [-0.05, 0) is 48.9 Å². The number of ether oxygens (including phenoxy) is 2. The summed E-state index contributed by atoms with van der Waals surface area (Å²) in [6, 6.07) is 14.7. The van der Waals surface area contributed by atoms with E-state index in [4.69, 9.17) is 9.47 Å². The smallest absolute Gasteiger partial charge is 0.332 e. The van der Waals surface area contributed by atoms with Gasteiger partial charge < -0.3 is 24.5 Å². The topological polar surface area (TPSA) is 113 Å². The number of aromatic nitrogens is 4. The number of aliphatic hydroxyl groups is 1. The summed E-state index contributed by atoms with van der Waals surface area (Å²) in [5.41, 5.74) is 1.28. The molecule has 0 saturated heterocycles. The first-order chi connectivity index (χ1) is 16.3. The maximum absolute atomic E-state index is 13.0. The maximum atomic E-state index is 13.0. The molecule has 0 bridgehead atoms. The van der Waals surface area contributed by atoms with Gasteiger partial charge >= 0.3 is 5.69 Å². The fraction of sp³-hybridized carbons (Fsp3) is 0.292. The number of aliphatic hydroxyl groups excluding tert-OH is 1. The van der Waals surface area contributed by atoms with Crippen LogP contribution < -0.4 is 26.0 Å². The van der Waals surface area contributed by atoms with Crippen molar-refractivity contribution >= 4 is 22.8 Å². The fourth-order valence-corrected chi connectivity index (χ4v) is 3.70. The van der Waals surface area contributed by atoms with Gasteiger partial charge in [0, 0.05) is 19.8 Å². The van der Waals surface area contributed by atoms with E-state index in [0.717, 1.165) is 15.8 Å². The molecular formula is C24H27N5O5. The standard InChI is InChI=1S/C24H27N5O5/c1-15-6-5-7-16(12-15)25-23-26-21-20(22(31)28(3)24(32)27(21)2)29(23)13-17(30)14-34-19-10-8-18(33-4)9-11-19/h5-12,17,30H,13-14H2,1-4H3,(H,25,26)/t17-/m1/s1. The Kier molecular flexibility index (Phi) is 6.42. The van der Waals surface area contributed by atoms with Crippen LogP contribution >= 0.6 is 0 Å². The van der Waals surface area contributed by atoms with Crippen molar-refractivity contribution in [3.63, 3.8) is 0 Å². The molecule has 2 aromatic carbocycles. The van der Waals surface area contributed by atoms with E-state index in [9.17, 15) is 14.7 Å². The number of anilines is 2. The van der Waals surface area contributed by atoms with Gasteiger partial charge in [-0.25, -0.2) is 4.79 Å². The molecule has 10 heteroatoms. The first-order valence-corrected chi connectivity index (χ1v) is 10.7. The quantitative estimate of drug-likeness (QED) is 0.409. The Hall–Kier alpha value is -4.05. The Labute approximate surface area is 195 Å². The van der Waals surface area contributed by atoms with Crippen LogP contribution in [0.25, 0.3) is 11.2 Å². The maximum Gasteiger partial charge on any atom is 0.332 e. The highest BCUT2D eigenvalue weighted by molar-refractivity contribution is 5.75. The minimum Gasteiger partial charge on any atom is -0.497 e. The van der Waals surface area contributed by atoms with Crippen LogP contribution in [0.1, 0.15) is 5.56 Å². The molecule has 0 radical (unpaired) electrons. The fourth-order valence-electron chi connectivity index (χ4n) is 3.70. The highest BCUT2D eigenvalue weighted by atomic mass is 16.5. The molecule has 34 heavy (non-hydrogen) atoms. The Morgan fingerprint density at radius 1 is 1.06 bits per heavy atom. The summed E-state index contributed by atoms with van der Waals surface area (Å²) in [5.74, 6) is 1.61. The lowest BCUT2D eigenvalue weighted by molar-refractivity contribution is 0.0938. The number of aryl methyl sites for hydroxylation is 2. The number of methoxy groups -OCH3 is 1. The van der Waals surface area contributed by atoms with Crippen LogP contribution in [0.2, 0.25) is 0 Å². The predicted molar refractivity (Wildman–Crippen MR) is 129 cm³/mol. The highest BCUT2D eigenvalue weighted by Gasteiger charge is 2.21. The number of hydrogen-bond donors (Lipinski definition) is 2. The van der Waals surface area contributed by atoms with Gasteiger partial charge in [0.1, 0.15) is 24.2 Å². The lowest BCUT2D eigenvalue weighted by Gasteiger charge is -2.16. The molecule has 0 spiro atoms. The van der Waals surface area contributed by atoms with Gasteiger partial charge in [-0.3, -0.25) is 13.9 Å². The minimum absolute atomic E-state index is 0.0119. The number of hydrogen-bond acceptors (Lipinski definition) is 7. The average molecular weight is 466 g/mol. The van der Waals surface area contributed by atoms with E-state index in [2.05, 4.69) is 10.3 Å². The molecule has 0 aliphatic rings. The van der Waals surface area contributed by atoms with Crippen molar-refractivity contribution in [2.24, 2.45) is 14.1 Å². The Bertz CT molecular complexity index is 1440. The van der Waals surface area contributed by atoms with Crippen molar-refractivity contribution in [3.8, 4) is 11.5 Å². The van der Waals surface area contributed by atoms with E-state index < -0.39 is 17.4 Å². The van der Waals surface area contributed by atoms with Crippen molar-refractivity contribution in [1.82, 2.24) is 18.7 Å². The van der Waals surface area contributed by atoms with Crippen LogP contribution in [-0.4, -0.2) is 43.6 Å². The molecule has 0 saturated carbocycles. The normalized spacial score (nSPS) is 12.0. The van der Waals surface area contributed by atoms with Gasteiger partial charge in [0.2, 0.25) is 5.95 Å². The zero-order valence-corrected chi connectivity index (χ0v) is 19.5. The lowest BCUT2D eigenvalue weighted by Crippen LogP contribution is -2.38. The largest absolute Gasteiger partial charge is 0.497 e. The molecule has 0 aliphatic carbocycles. The molecular weight excluding hydrogens is 438 g/mol. The van der Waals surface area contributed by atoms with Crippen LogP contribution in [0, 0.1) is 6.92 Å². The molecule has 1 atom stereocenters. The first kappa shape index (κ1) is 23.1. The first-order valence-electron chi connectivity index (χ1n) is 10.7. The summed E-state index contributed by atoms with van der Waals surface area (Å²) in [7, 11) is 4.55. The van der Waals surface area contributed by atoms with Gasteiger partial charge in [-0.1, -0.05) is 12.1 Å². The van der Waals surface area contributed by atoms with Gasteiger partial charge in [-0.15, -0.1) is 0 Å². The van der Waals surface area contributed by atoms with E-state index in [1.54, 1.807) is 43.0 Å². The van der Waals surface area contributed by atoms with Crippen LogP contribution in [0.5, 0.6) is 11.5 Å². The van der Waals surface area contributed by atoms with Crippen molar-refractivity contribution in [1.29, 1.82) is 0 Å². The molecule has 178 valence electrons. The number of nitrogens with one attached hydrogen (secondary N) is 1. The number of benzene rings is 2. The molecule has 2 heterocycles. The molecule has 2 N–H and O–H groups in total. The number of nitrogens with zero attached hydrogens (tertiary/aromatic N) is 4. The Morgan fingerprint density at radius 3 is 2.44 bits per heavy atom. The van der Waals surface area contributed by atoms with Crippen LogP contribution in [0.4, 0.5) is 11.6 Å². The summed E-state index contributed by atoms with van der Waals surface area (Å²) in [5, 5.41) is 14.0. The summed E-state index contributed by atoms with van der Waals surface area (Å²) < 4.78 is 14.8. The van der Waals surface area contributed by atoms with Crippen molar-refractivity contribution in [2.45, 2.75) is 19.6 Å². The molecule has 0 unspecified atom stereocenters. The second kappa shape index (κ2) is 9.44. The van der Waals surface area contributed by atoms with Gasteiger partial charge in [0.25, 0.3) is 5.56 Å². The summed E-state index contributed by atoms with van der Waals surface area (Å²) in [6.07, 6.45) is -0.959. The second-order valence-corrected chi connectivity index (χ2v) is 8.06. The summed E-state index contributed by atoms with van der Waals surface area (Å²) in [4.78, 5) is 30.0. The van der Waals surface area contributed by atoms with E-state index in [1.165, 1.54) is 11.6 Å². The average Bonchev–Trinajstić information content (AvgIpc) is 3.18. The number of imidazole rings is 1. The van der Waals surface area contributed by atoms with E-state index in [0.29, 0.717) is 17.4 Å². The van der Waals surface area contributed by atoms with E-state index >= 15 is 0 Å². The Balaban J connectivity index is 1.68. The lowest BCUT2D eigenvalue weighted by atomic mass is 10.2. The molecule has 10 nitrogen and oxygen atoms in total. The van der Waals surface area contributed by atoms with E-state index in [-0.39, 0.29) is 24.3 Å². The molecule has 4 aromatic rings.